The highest BCUT2D eigenvalue weighted by molar-refractivity contribution is 5.72. The molecule has 1 aromatic carbocycles. The Labute approximate surface area is 104 Å². The first-order valence-electron chi connectivity index (χ1n) is 6.33. The van der Waals surface area contributed by atoms with Crippen LogP contribution in [0.4, 0.5) is 0 Å². The van der Waals surface area contributed by atoms with Crippen LogP contribution in [0.25, 0.3) is 0 Å². The molecule has 1 aromatic rings. The van der Waals surface area contributed by atoms with Crippen molar-refractivity contribution in [2.75, 3.05) is 7.11 Å². The molecular weight excluding hydrogens is 212 g/mol. The molecule has 0 aromatic heterocycles. The van der Waals surface area contributed by atoms with Crippen molar-refractivity contribution in [1.82, 2.24) is 0 Å². The summed E-state index contributed by atoms with van der Waals surface area (Å²) in [4.78, 5) is 10.9. The van der Waals surface area contributed by atoms with Gasteiger partial charge < -0.3 is 4.74 Å². The predicted molar refractivity (Wildman–Crippen MR) is 69.8 cm³/mol. The van der Waals surface area contributed by atoms with Crippen LogP contribution in [0.15, 0.2) is 30.3 Å². The molecule has 0 radical (unpaired) electrons. The van der Waals surface area contributed by atoms with Gasteiger partial charge in [-0.15, -0.1) is 0 Å². The molecule has 2 heteroatoms. The van der Waals surface area contributed by atoms with Crippen molar-refractivity contribution in [1.29, 1.82) is 0 Å². The van der Waals surface area contributed by atoms with E-state index in [1.807, 2.05) is 18.2 Å². The van der Waals surface area contributed by atoms with Crippen molar-refractivity contribution in [3.05, 3.63) is 35.9 Å². The van der Waals surface area contributed by atoms with Gasteiger partial charge in [0.2, 0.25) is 0 Å². The number of esters is 1. The summed E-state index contributed by atoms with van der Waals surface area (Å²) >= 11 is 0. The van der Waals surface area contributed by atoms with E-state index in [2.05, 4.69) is 23.8 Å². The van der Waals surface area contributed by atoms with E-state index in [9.17, 15) is 4.79 Å². The van der Waals surface area contributed by atoms with Crippen LogP contribution in [0.2, 0.25) is 0 Å². The van der Waals surface area contributed by atoms with E-state index in [-0.39, 0.29) is 11.9 Å². The lowest BCUT2D eigenvalue weighted by Gasteiger charge is -2.18. The second kappa shape index (κ2) is 7.88. The fraction of sp³-hybridized carbons (Fsp3) is 0.533. The molecule has 0 aliphatic heterocycles. The third kappa shape index (κ3) is 5.53. The Hall–Kier alpha value is -1.31. The van der Waals surface area contributed by atoms with Gasteiger partial charge >= 0.3 is 5.97 Å². The van der Waals surface area contributed by atoms with Crippen LogP contribution < -0.4 is 0 Å². The molecule has 0 bridgehead atoms. The van der Waals surface area contributed by atoms with Gasteiger partial charge in [0.15, 0.2) is 0 Å². The van der Waals surface area contributed by atoms with Crippen LogP contribution in [0.5, 0.6) is 0 Å². The van der Waals surface area contributed by atoms with E-state index >= 15 is 0 Å². The maximum absolute atomic E-state index is 10.9. The van der Waals surface area contributed by atoms with Crippen LogP contribution >= 0.6 is 0 Å². The molecule has 94 valence electrons. The van der Waals surface area contributed by atoms with Gasteiger partial charge in [-0.1, -0.05) is 55.2 Å². The molecule has 1 aliphatic rings. The molecule has 0 heterocycles. The van der Waals surface area contributed by atoms with Crippen molar-refractivity contribution in [3.63, 3.8) is 0 Å². The number of methoxy groups -OCH3 is 1. The molecule has 0 atom stereocenters. The molecule has 2 rings (SSSR count). The molecule has 17 heavy (non-hydrogen) atoms. The topological polar surface area (TPSA) is 26.3 Å². The van der Waals surface area contributed by atoms with Crippen molar-refractivity contribution in [2.24, 2.45) is 5.92 Å². The summed E-state index contributed by atoms with van der Waals surface area (Å²) in [6.07, 6.45) is 5.74. The second-order valence-corrected chi connectivity index (χ2v) is 4.51. The van der Waals surface area contributed by atoms with Gasteiger partial charge in [-0.2, -0.15) is 0 Å². The van der Waals surface area contributed by atoms with Gasteiger partial charge in [0, 0.05) is 0 Å². The highest BCUT2D eigenvalue weighted by Gasteiger charge is 2.20. The number of aryl methyl sites for hydroxylation is 1. The van der Waals surface area contributed by atoms with E-state index in [0.29, 0.717) is 0 Å². The molecule has 1 fully saturated rings. The fourth-order valence-corrected chi connectivity index (χ4v) is 2.04. The average molecular weight is 234 g/mol. The lowest BCUT2D eigenvalue weighted by molar-refractivity contribution is -0.146. The monoisotopic (exact) mass is 234 g/mol. The van der Waals surface area contributed by atoms with Crippen molar-refractivity contribution < 1.29 is 9.53 Å². The third-order valence-electron chi connectivity index (χ3n) is 3.08. The summed E-state index contributed by atoms with van der Waals surface area (Å²) in [7, 11) is 1.47. The van der Waals surface area contributed by atoms with E-state index in [1.165, 1.54) is 31.9 Å². The number of benzene rings is 1. The minimum Gasteiger partial charge on any atom is -0.469 e. The summed E-state index contributed by atoms with van der Waals surface area (Å²) in [6, 6.07) is 10.3. The van der Waals surface area contributed by atoms with Crippen LogP contribution in [0, 0.1) is 12.8 Å². The number of carbonyl (C=O) groups excluding carboxylic acids is 1. The number of hydrogen-bond acceptors (Lipinski definition) is 2. The summed E-state index contributed by atoms with van der Waals surface area (Å²) in [5.74, 6) is 0.193. The zero-order valence-electron chi connectivity index (χ0n) is 10.8. The van der Waals surface area contributed by atoms with Gasteiger partial charge in [0.1, 0.15) is 0 Å². The molecule has 1 saturated carbocycles. The Morgan fingerprint density at radius 3 is 2.12 bits per heavy atom. The molecule has 0 amide bonds. The third-order valence-corrected chi connectivity index (χ3v) is 3.08. The average Bonchev–Trinajstić information content (AvgIpc) is 2.40. The predicted octanol–water partition coefficient (Wildman–Crippen LogP) is 3.73. The Balaban J connectivity index is 0.000000181. The molecule has 0 saturated heterocycles. The number of carbonyl (C=O) groups is 1. The number of rotatable bonds is 1. The normalized spacial score (nSPS) is 15.6. The maximum Gasteiger partial charge on any atom is 0.308 e. The summed E-state index contributed by atoms with van der Waals surface area (Å²) in [5, 5.41) is 0. The SMILES string of the molecule is COC(=O)C1CCCCC1.Cc1ccccc1. The van der Waals surface area contributed by atoms with E-state index < -0.39 is 0 Å². The quantitative estimate of drug-likeness (QED) is 0.692. The Morgan fingerprint density at radius 2 is 1.71 bits per heavy atom. The highest BCUT2D eigenvalue weighted by Crippen LogP contribution is 2.24. The Kier molecular flexibility index (Phi) is 6.38. The Morgan fingerprint density at radius 1 is 1.12 bits per heavy atom. The van der Waals surface area contributed by atoms with Crippen molar-refractivity contribution in [2.45, 2.75) is 39.0 Å². The molecule has 1 aliphatic carbocycles. The van der Waals surface area contributed by atoms with Crippen molar-refractivity contribution >= 4 is 5.97 Å². The lowest BCUT2D eigenvalue weighted by Crippen LogP contribution is -2.18. The van der Waals surface area contributed by atoms with E-state index in [4.69, 9.17) is 0 Å². The van der Waals surface area contributed by atoms with Crippen LogP contribution in [0.1, 0.15) is 37.7 Å². The minimum absolute atomic E-state index is 0.0142. The molecule has 0 N–H and O–H groups in total. The molecule has 2 nitrogen and oxygen atoms in total. The van der Waals surface area contributed by atoms with E-state index in [0.717, 1.165) is 12.8 Å². The zero-order valence-corrected chi connectivity index (χ0v) is 10.8. The smallest absolute Gasteiger partial charge is 0.308 e. The van der Waals surface area contributed by atoms with Gasteiger partial charge in [-0.25, -0.2) is 0 Å². The molecule has 0 unspecified atom stereocenters. The largest absolute Gasteiger partial charge is 0.469 e. The van der Waals surface area contributed by atoms with Crippen molar-refractivity contribution in [3.8, 4) is 0 Å². The number of ether oxygens (including phenoxy) is 1. The van der Waals surface area contributed by atoms with Gasteiger partial charge in [0.05, 0.1) is 13.0 Å². The maximum atomic E-state index is 10.9. The minimum atomic E-state index is -0.0142. The first kappa shape index (κ1) is 13.8. The van der Waals surface area contributed by atoms with Gasteiger partial charge in [-0.05, 0) is 19.8 Å². The zero-order chi connectivity index (χ0) is 12.5. The van der Waals surface area contributed by atoms with Gasteiger partial charge in [0.25, 0.3) is 0 Å². The Bertz CT molecular complexity index is 313. The fourth-order valence-electron chi connectivity index (χ4n) is 2.04. The first-order valence-corrected chi connectivity index (χ1v) is 6.33. The lowest BCUT2D eigenvalue weighted by atomic mass is 9.89. The van der Waals surface area contributed by atoms with Crippen LogP contribution in [0.3, 0.4) is 0 Å². The summed E-state index contributed by atoms with van der Waals surface area (Å²) in [6.45, 7) is 2.08. The second-order valence-electron chi connectivity index (χ2n) is 4.51. The van der Waals surface area contributed by atoms with E-state index in [1.54, 1.807) is 0 Å². The number of hydrogen-bond donors (Lipinski definition) is 0. The summed E-state index contributed by atoms with van der Waals surface area (Å²) in [5.41, 5.74) is 1.32. The first-order chi connectivity index (χ1) is 8.24. The molecule has 0 spiro atoms. The standard InChI is InChI=1S/C8H14O2.C7H8/c1-10-8(9)7-5-3-2-4-6-7;1-7-5-3-2-4-6-7/h7H,2-6H2,1H3;2-6H,1H3. The highest BCUT2D eigenvalue weighted by atomic mass is 16.5. The summed E-state index contributed by atoms with van der Waals surface area (Å²) < 4.78 is 4.65. The van der Waals surface area contributed by atoms with Gasteiger partial charge in [-0.3, -0.25) is 4.79 Å². The van der Waals surface area contributed by atoms with Crippen LogP contribution in [-0.2, 0) is 9.53 Å². The van der Waals surface area contributed by atoms with Crippen LogP contribution in [-0.4, -0.2) is 13.1 Å². The molecular formula is C15H22O2.